The lowest BCUT2D eigenvalue weighted by atomic mass is 10.2. The molecule has 0 aromatic rings. The highest BCUT2D eigenvalue weighted by Gasteiger charge is 2.30. The van der Waals surface area contributed by atoms with Crippen molar-refractivity contribution >= 4 is 33.4 Å². The van der Waals surface area contributed by atoms with E-state index in [9.17, 15) is 8.42 Å². The predicted octanol–water partition coefficient (Wildman–Crippen LogP) is 0.891. The van der Waals surface area contributed by atoms with E-state index in [0.717, 1.165) is 48.7 Å². The van der Waals surface area contributed by atoms with E-state index >= 15 is 0 Å². The summed E-state index contributed by atoms with van der Waals surface area (Å²) in [5.74, 6) is 2.85. The number of nitrogens with zero attached hydrogens (tertiary/aromatic N) is 1. The normalized spacial score (nSPS) is 27.5. The third-order valence-corrected chi connectivity index (χ3v) is 7.75. The van der Waals surface area contributed by atoms with Crippen molar-refractivity contribution in [1.82, 2.24) is 10.2 Å². The van der Waals surface area contributed by atoms with Crippen LogP contribution in [0.1, 0.15) is 12.8 Å². The molecule has 7 heteroatoms. The topological polar surface area (TPSA) is 49.4 Å². The monoisotopic (exact) mass is 324 g/mol. The van der Waals surface area contributed by atoms with E-state index in [4.69, 9.17) is 0 Å². The molecule has 4 nitrogen and oxygen atoms in total. The summed E-state index contributed by atoms with van der Waals surface area (Å²) in [6.07, 6.45) is 3.86. The molecular weight excluding hydrogens is 300 g/mol. The molecule has 1 N–H and O–H groups in total. The van der Waals surface area contributed by atoms with Crippen molar-refractivity contribution in [3.63, 3.8) is 0 Å². The van der Waals surface area contributed by atoms with Crippen LogP contribution in [0.25, 0.3) is 0 Å². The molecule has 0 aromatic carbocycles. The largest absolute Gasteiger partial charge is 0.317 e. The first-order valence-electron chi connectivity index (χ1n) is 6.90. The summed E-state index contributed by atoms with van der Waals surface area (Å²) in [5.41, 5.74) is 0. The van der Waals surface area contributed by atoms with Crippen molar-refractivity contribution in [3.8, 4) is 0 Å². The maximum Gasteiger partial charge on any atom is 0.164 e. The first kappa shape index (κ1) is 15.9. The average Bonchev–Trinajstić information content (AvgIpc) is 2.39. The Labute approximate surface area is 125 Å². The number of sulfone groups is 1. The number of nitrogens with one attached hydrogen (secondary N) is 1. The summed E-state index contributed by atoms with van der Waals surface area (Å²) < 4.78 is 23.6. The van der Waals surface area contributed by atoms with E-state index in [0.29, 0.717) is 0 Å². The van der Waals surface area contributed by atoms with Crippen LogP contribution in [0.15, 0.2) is 0 Å². The van der Waals surface area contributed by atoms with Crippen molar-refractivity contribution in [2.75, 3.05) is 49.7 Å². The molecule has 0 spiro atoms. The SMILES string of the molecule is CS(=O)(=O)C1CSCCN1CCSC1CCNCC1. The van der Waals surface area contributed by atoms with Gasteiger partial charge in [0, 0.05) is 41.9 Å². The van der Waals surface area contributed by atoms with E-state index in [1.54, 1.807) is 11.8 Å². The lowest BCUT2D eigenvalue weighted by Crippen LogP contribution is -2.47. The van der Waals surface area contributed by atoms with Crippen molar-refractivity contribution in [2.45, 2.75) is 23.5 Å². The Morgan fingerprint density at radius 1 is 1.37 bits per heavy atom. The van der Waals surface area contributed by atoms with Gasteiger partial charge in [0.15, 0.2) is 9.84 Å². The van der Waals surface area contributed by atoms with Gasteiger partial charge in [0.25, 0.3) is 0 Å². The summed E-state index contributed by atoms with van der Waals surface area (Å²) in [5, 5.41) is 3.87. The van der Waals surface area contributed by atoms with Gasteiger partial charge in [-0.05, 0) is 25.9 Å². The van der Waals surface area contributed by atoms with Crippen molar-refractivity contribution < 1.29 is 8.42 Å². The van der Waals surface area contributed by atoms with Crippen LogP contribution in [0.3, 0.4) is 0 Å². The van der Waals surface area contributed by atoms with E-state index < -0.39 is 9.84 Å². The maximum absolute atomic E-state index is 11.8. The minimum absolute atomic E-state index is 0.264. The van der Waals surface area contributed by atoms with Gasteiger partial charge in [-0.1, -0.05) is 0 Å². The fourth-order valence-electron chi connectivity index (χ4n) is 2.56. The van der Waals surface area contributed by atoms with Gasteiger partial charge in [-0.25, -0.2) is 8.42 Å². The minimum atomic E-state index is -2.94. The summed E-state index contributed by atoms with van der Waals surface area (Å²) in [4.78, 5) is 2.17. The molecule has 0 bridgehead atoms. The maximum atomic E-state index is 11.8. The van der Waals surface area contributed by atoms with Gasteiger partial charge in [0.2, 0.25) is 0 Å². The Morgan fingerprint density at radius 2 is 2.11 bits per heavy atom. The molecule has 0 radical (unpaired) electrons. The van der Waals surface area contributed by atoms with Crippen molar-refractivity contribution in [2.24, 2.45) is 0 Å². The van der Waals surface area contributed by atoms with Gasteiger partial charge in [0.05, 0.1) is 0 Å². The predicted molar refractivity (Wildman–Crippen MR) is 85.9 cm³/mol. The van der Waals surface area contributed by atoms with Gasteiger partial charge in [-0.15, -0.1) is 0 Å². The lowest BCUT2D eigenvalue weighted by Gasteiger charge is -2.34. The van der Waals surface area contributed by atoms with E-state index in [-0.39, 0.29) is 5.37 Å². The van der Waals surface area contributed by atoms with Crippen LogP contribution in [0.4, 0.5) is 0 Å². The van der Waals surface area contributed by atoms with Gasteiger partial charge >= 0.3 is 0 Å². The Morgan fingerprint density at radius 3 is 2.79 bits per heavy atom. The number of piperidine rings is 1. The second-order valence-corrected chi connectivity index (χ2v) is 9.98. The highest BCUT2D eigenvalue weighted by molar-refractivity contribution is 8.01. The molecule has 1 unspecified atom stereocenters. The fourth-order valence-corrected chi connectivity index (χ4v) is 6.78. The summed E-state index contributed by atoms with van der Waals surface area (Å²) >= 11 is 3.78. The molecule has 2 aliphatic rings. The van der Waals surface area contributed by atoms with Crippen molar-refractivity contribution in [3.05, 3.63) is 0 Å². The van der Waals surface area contributed by atoms with Gasteiger partial charge in [-0.3, -0.25) is 4.90 Å². The molecule has 0 aromatic heterocycles. The minimum Gasteiger partial charge on any atom is -0.317 e. The standard InChI is InChI=1S/C12H24N2O2S3/c1-19(15,16)12-10-17-8-6-14(12)7-9-18-11-2-4-13-5-3-11/h11-13H,2-10H2,1H3. The van der Waals surface area contributed by atoms with Crippen LogP contribution in [0.2, 0.25) is 0 Å². The Balaban J connectivity index is 1.76. The molecule has 2 heterocycles. The zero-order valence-corrected chi connectivity index (χ0v) is 14.0. The van der Waals surface area contributed by atoms with Gasteiger partial charge < -0.3 is 5.32 Å². The average molecular weight is 325 g/mol. The first-order chi connectivity index (χ1) is 9.07. The second-order valence-electron chi connectivity index (χ2n) is 5.22. The summed E-state index contributed by atoms with van der Waals surface area (Å²) in [6.45, 7) is 4.08. The fraction of sp³-hybridized carbons (Fsp3) is 1.00. The van der Waals surface area contributed by atoms with E-state index in [1.807, 2.05) is 11.8 Å². The van der Waals surface area contributed by atoms with Crippen LogP contribution < -0.4 is 5.32 Å². The molecule has 2 rings (SSSR count). The molecular formula is C12H24N2O2S3. The number of rotatable bonds is 5. The molecule has 0 amide bonds. The molecule has 0 aliphatic carbocycles. The van der Waals surface area contributed by atoms with Gasteiger partial charge in [-0.2, -0.15) is 23.5 Å². The molecule has 1 atom stereocenters. The van der Waals surface area contributed by atoms with Crippen molar-refractivity contribution in [1.29, 1.82) is 0 Å². The quantitative estimate of drug-likeness (QED) is 0.811. The number of hydrogen-bond donors (Lipinski definition) is 1. The smallest absolute Gasteiger partial charge is 0.164 e. The first-order valence-corrected chi connectivity index (χ1v) is 11.1. The van der Waals surface area contributed by atoms with Crippen LogP contribution >= 0.6 is 23.5 Å². The second kappa shape index (κ2) is 7.54. The molecule has 2 fully saturated rings. The third kappa shape index (κ3) is 5.12. The van der Waals surface area contributed by atoms with E-state index in [1.165, 1.54) is 19.1 Å². The summed E-state index contributed by atoms with van der Waals surface area (Å²) in [7, 11) is -2.94. The van der Waals surface area contributed by atoms with Crippen LogP contribution in [0.5, 0.6) is 0 Å². The zero-order valence-electron chi connectivity index (χ0n) is 11.5. The Hall–Kier alpha value is 0.570. The molecule has 0 saturated carbocycles. The molecule has 112 valence electrons. The van der Waals surface area contributed by atoms with Crippen LogP contribution in [-0.2, 0) is 9.84 Å². The molecule has 19 heavy (non-hydrogen) atoms. The molecule has 2 saturated heterocycles. The Kier molecular flexibility index (Phi) is 6.33. The third-order valence-electron chi connectivity index (χ3n) is 3.70. The van der Waals surface area contributed by atoms with Crippen LogP contribution in [-0.4, -0.2) is 73.6 Å². The number of thioether (sulfide) groups is 2. The lowest BCUT2D eigenvalue weighted by molar-refractivity contribution is 0.287. The molecule has 2 aliphatic heterocycles. The summed E-state index contributed by atoms with van der Waals surface area (Å²) in [6, 6.07) is 0. The Bertz CT molecular complexity index is 369. The number of hydrogen-bond acceptors (Lipinski definition) is 6. The van der Waals surface area contributed by atoms with Crippen LogP contribution in [0, 0.1) is 0 Å². The highest BCUT2D eigenvalue weighted by atomic mass is 32.2. The zero-order chi connectivity index (χ0) is 13.7. The van der Waals surface area contributed by atoms with Gasteiger partial charge in [0.1, 0.15) is 5.37 Å². The van der Waals surface area contributed by atoms with E-state index in [2.05, 4.69) is 10.2 Å². The highest BCUT2D eigenvalue weighted by Crippen LogP contribution is 2.23.